The molecule has 26 heavy (non-hydrogen) atoms. The molecule has 3 aromatic rings. The fourth-order valence-electron chi connectivity index (χ4n) is 2.79. The van der Waals surface area contributed by atoms with Crippen molar-refractivity contribution in [2.75, 3.05) is 0 Å². The number of hydrogen-bond donors (Lipinski definition) is 1. The van der Waals surface area contributed by atoms with E-state index < -0.39 is 0 Å². The molecule has 1 amide bonds. The Morgan fingerprint density at radius 2 is 1.81 bits per heavy atom. The number of carbonyl (C=O) groups is 1. The Kier molecular flexibility index (Phi) is 5.45. The number of amides is 1. The zero-order chi connectivity index (χ0) is 18.7. The average molecular weight is 386 g/mol. The number of hydrogen-bond acceptors (Lipinski definition) is 2. The number of aromatic nitrogens is 1. The smallest absolute Gasteiger partial charge is 0.272 e. The molecule has 0 spiro atoms. The summed E-state index contributed by atoms with van der Waals surface area (Å²) in [5.74, 6) is -0.389. The molecule has 4 nitrogen and oxygen atoms in total. The molecule has 0 bridgehead atoms. The molecule has 0 aliphatic rings. The number of aryl methyl sites for hydroxylation is 1. The topological polar surface area (TPSA) is 46.4 Å². The third kappa shape index (κ3) is 3.82. The predicted molar refractivity (Wildman–Crippen MR) is 107 cm³/mol. The van der Waals surface area contributed by atoms with E-state index in [0.717, 1.165) is 22.6 Å². The Morgan fingerprint density at radius 3 is 2.50 bits per heavy atom. The third-order valence-electron chi connectivity index (χ3n) is 4.03. The van der Waals surface area contributed by atoms with Gasteiger partial charge in [0.05, 0.1) is 16.8 Å². The predicted octanol–water partition coefficient (Wildman–Crippen LogP) is 5.16. The van der Waals surface area contributed by atoms with Crippen molar-refractivity contribution in [2.24, 2.45) is 5.10 Å². The first-order chi connectivity index (χ1) is 12.5. The first-order valence-electron chi connectivity index (χ1n) is 8.00. The highest BCUT2D eigenvalue weighted by Gasteiger charge is 2.11. The van der Waals surface area contributed by atoms with Gasteiger partial charge in [0.15, 0.2) is 0 Å². The molecule has 3 rings (SSSR count). The Labute approximate surface area is 162 Å². The SMILES string of the molecule is Cc1cc(/C=N\NC(=O)c2ccc(Cl)cc2Cl)c(C)n1-c1ccccc1. The summed E-state index contributed by atoms with van der Waals surface area (Å²) in [6, 6.07) is 16.8. The van der Waals surface area contributed by atoms with Crippen LogP contribution in [-0.4, -0.2) is 16.7 Å². The van der Waals surface area contributed by atoms with Crippen LogP contribution < -0.4 is 5.43 Å². The summed E-state index contributed by atoms with van der Waals surface area (Å²) < 4.78 is 2.14. The summed E-state index contributed by atoms with van der Waals surface area (Å²) in [7, 11) is 0. The number of benzene rings is 2. The van der Waals surface area contributed by atoms with Crippen molar-refractivity contribution in [1.82, 2.24) is 9.99 Å². The van der Waals surface area contributed by atoms with Crippen LogP contribution in [-0.2, 0) is 0 Å². The highest BCUT2D eigenvalue weighted by atomic mass is 35.5. The van der Waals surface area contributed by atoms with Gasteiger partial charge in [-0.1, -0.05) is 41.4 Å². The molecule has 0 aliphatic carbocycles. The molecule has 2 aromatic carbocycles. The highest BCUT2D eigenvalue weighted by Crippen LogP contribution is 2.21. The van der Waals surface area contributed by atoms with Crippen molar-refractivity contribution in [3.8, 4) is 5.69 Å². The lowest BCUT2D eigenvalue weighted by Crippen LogP contribution is -2.18. The van der Waals surface area contributed by atoms with E-state index in [0.29, 0.717) is 10.6 Å². The summed E-state index contributed by atoms with van der Waals surface area (Å²) in [4.78, 5) is 12.2. The standard InChI is InChI=1S/C20H17Cl2N3O/c1-13-10-15(14(2)25(13)17-6-4-3-5-7-17)12-23-24-20(26)18-9-8-16(21)11-19(18)22/h3-12H,1-2H3,(H,24,26)/b23-12-. The molecule has 0 radical (unpaired) electrons. The van der Waals surface area contributed by atoms with Gasteiger partial charge >= 0.3 is 0 Å². The molecule has 1 aromatic heterocycles. The normalized spacial score (nSPS) is 11.1. The van der Waals surface area contributed by atoms with Crippen LogP contribution in [0.1, 0.15) is 27.3 Å². The molecular formula is C20H17Cl2N3O. The maximum absolute atomic E-state index is 12.2. The van der Waals surface area contributed by atoms with Crippen LogP contribution in [0.25, 0.3) is 5.69 Å². The molecular weight excluding hydrogens is 369 g/mol. The molecule has 0 fully saturated rings. The molecule has 0 atom stereocenters. The van der Waals surface area contributed by atoms with Crippen molar-refractivity contribution in [3.05, 3.63) is 87.2 Å². The molecule has 1 heterocycles. The van der Waals surface area contributed by atoms with Crippen LogP contribution in [0.5, 0.6) is 0 Å². The second kappa shape index (κ2) is 7.77. The van der Waals surface area contributed by atoms with Gasteiger partial charge in [0.1, 0.15) is 0 Å². The van der Waals surface area contributed by atoms with Crippen LogP contribution in [0.2, 0.25) is 10.0 Å². The molecule has 0 aliphatic heterocycles. The van der Waals surface area contributed by atoms with Crippen molar-refractivity contribution in [1.29, 1.82) is 0 Å². The summed E-state index contributed by atoms with van der Waals surface area (Å²) in [5.41, 5.74) is 6.95. The molecule has 6 heteroatoms. The first-order valence-corrected chi connectivity index (χ1v) is 8.76. The fourth-order valence-corrected chi connectivity index (χ4v) is 3.28. The number of halogens is 2. The minimum Gasteiger partial charge on any atom is -0.318 e. The van der Waals surface area contributed by atoms with E-state index in [2.05, 4.69) is 15.1 Å². The van der Waals surface area contributed by atoms with E-state index in [-0.39, 0.29) is 10.9 Å². The summed E-state index contributed by atoms with van der Waals surface area (Å²) in [5, 5.41) is 4.82. The van der Waals surface area contributed by atoms with Crippen LogP contribution >= 0.6 is 23.2 Å². The summed E-state index contributed by atoms with van der Waals surface area (Å²) in [6.07, 6.45) is 1.63. The maximum atomic E-state index is 12.2. The van der Waals surface area contributed by atoms with Gasteiger partial charge in [0.2, 0.25) is 0 Å². The van der Waals surface area contributed by atoms with Crippen molar-refractivity contribution >= 4 is 35.3 Å². The molecule has 132 valence electrons. The van der Waals surface area contributed by atoms with Crippen molar-refractivity contribution < 1.29 is 4.79 Å². The van der Waals surface area contributed by atoms with E-state index >= 15 is 0 Å². The minimum absolute atomic E-state index is 0.285. The van der Waals surface area contributed by atoms with Crippen molar-refractivity contribution in [3.63, 3.8) is 0 Å². The zero-order valence-corrected chi connectivity index (χ0v) is 15.8. The van der Waals surface area contributed by atoms with E-state index in [1.807, 2.05) is 50.2 Å². The monoisotopic (exact) mass is 385 g/mol. The molecule has 0 saturated carbocycles. The van der Waals surface area contributed by atoms with Crippen LogP contribution in [0, 0.1) is 13.8 Å². The quantitative estimate of drug-likeness (QED) is 0.488. The largest absolute Gasteiger partial charge is 0.318 e. The lowest BCUT2D eigenvalue weighted by atomic mass is 10.2. The fraction of sp³-hybridized carbons (Fsp3) is 0.100. The molecule has 0 saturated heterocycles. The maximum Gasteiger partial charge on any atom is 0.272 e. The molecule has 0 unspecified atom stereocenters. The lowest BCUT2D eigenvalue weighted by molar-refractivity contribution is 0.0955. The van der Waals surface area contributed by atoms with Gasteiger partial charge in [-0.15, -0.1) is 0 Å². The van der Waals surface area contributed by atoms with Crippen molar-refractivity contribution in [2.45, 2.75) is 13.8 Å². The Balaban J connectivity index is 1.78. The number of rotatable bonds is 4. The second-order valence-electron chi connectivity index (χ2n) is 5.82. The number of para-hydroxylation sites is 1. The van der Waals surface area contributed by atoms with Gasteiger partial charge in [-0.2, -0.15) is 5.10 Å². The lowest BCUT2D eigenvalue weighted by Gasteiger charge is -2.09. The van der Waals surface area contributed by atoms with Gasteiger partial charge < -0.3 is 4.57 Å². The number of hydrazone groups is 1. The molecule has 1 N–H and O–H groups in total. The second-order valence-corrected chi connectivity index (χ2v) is 6.66. The number of nitrogens with one attached hydrogen (secondary N) is 1. The minimum atomic E-state index is -0.389. The average Bonchev–Trinajstić information content (AvgIpc) is 2.89. The first kappa shape index (κ1) is 18.2. The highest BCUT2D eigenvalue weighted by molar-refractivity contribution is 6.36. The third-order valence-corrected chi connectivity index (χ3v) is 4.58. The van der Waals surface area contributed by atoms with Gasteiger partial charge in [0, 0.05) is 27.7 Å². The van der Waals surface area contributed by atoms with Crippen LogP contribution in [0.15, 0.2) is 59.7 Å². The van der Waals surface area contributed by atoms with E-state index in [4.69, 9.17) is 23.2 Å². The van der Waals surface area contributed by atoms with Gasteiger partial charge in [-0.3, -0.25) is 4.79 Å². The van der Waals surface area contributed by atoms with E-state index in [1.54, 1.807) is 18.3 Å². The zero-order valence-electron chi connectivity index (χ0n) is 14.3. The van der Waals surface area contributed by atoms with E-state index in [1.165, 1.54) is 6.07 Å². The van der Waals surface area contributed by atoms with Gasteiger partial charge in [-0.05, 0) is 50.2 Å². The van der Waals surface area contributed by atoms with E-state index in [9.17, 15) is 4.79 Å². The van der Waals surface area contributed by atoms with Crippen LogP contribution in [0.4, 0.5) is 0 Å². The van der Waals surface area contributed by atoms with Crippen LogP contribution in [0.3, 0.4) is 0 Å². The number of nitrogens with zero attached hydrogens (tertiary/aromatic N) is 2. The Hall–Kier alpha value is -2.56. The summed E-state index contributed by atoms with van der Waals surface area (Å²) >= 11 is 11.9. The summed E-state index contributed by atoms with van der Waals surface area (Å²) in [6.45, 7) is 4.04. The number of carbonyl (C=O) groups excluding carboxylic acids is 1. The Morgan fingerprint density at radius 1 is 1.08 bits per heavy atom. The van der Waals surface area contributed by atoms with Gasteiger partial charge in [0.25, 0.3) is 5.91 Å². The van der Waals surface area contributed by atoms with Gasteiger partial charge in [-0.25, -0.2) is 5.43 Å². The Bertz CT molecular complexity index is 978.